The summed E-state index contributed by atoms with van der Waals surface area (Å²) in [5.41, 5.74) is 0. The van der Waals surface area contributed by atoms with E-state index in [1.807, 2.05) is 11.8 Å². The van der Waals surface area contributed by atoms with Gasteiger partial charge in [0.2, 0.25) is 0 Å². The highest BCUT2D eigenvalue weighted by Crippen LogP contribution is 2.27. The Balaban J connectivity index is 2.01. The fraction of sp³-hybridized carbons (Fsp3) is 1.00. The summed E-state index contributed by atoms with van der Waals surface area (Å²) >= 11 is 2.05. The molecule has 3 nitrogen and oxygen atoms in total. The third-order valence-electron chi connectivity index (χ3n) is 3.51. The van der Waals surface area contributed by atoms with Gasteiger partial charge >= 0.3 is 0 Å². The van der Waals surface area contributed by atoms with Crippen molar-refractivity contribution in [1.82, 2.24) is 10.2 Å². The number of aliphatic hydroxyl groups is 1. The lowest BCUT2D eigenvalue weighted by atomic mass is 10.1. The molecule has 2 rings (SSSR count). The Kier molecular flexibility index (Phi) is 3.37. The lowest BCUT2D eigenvalue weighted by molar-refractivity contribution is 0.0607. The molecule has 0 spiro atoms. The highest BCUT2D eigenvalue weighted by Gasteiger charge is 2.36. The van der Waals surface area contributed by atoms with Gasteiger partial charge in [0.15, 0.2) is 0 Å². The molecule has 0 aliphatic carbocycles. The predicted molar refractivity (Wildman–Crippen MR) is 60.8 cm³/mol. The summed E-state index contributed by atoms with van der Waals surface area (Å²) in [5, 5.41) is 13.8. The second kappa shape index (κ2) is 4.39. The lowest BCUT2D eigenvalue weighted by Gasteiger charge is -2.42. The van der Waals surface area contributed by atoms with Gasteiger partial charge in [-0.15, -0.1) is 0 Å². The summed E-state index contributed by atoms with van der Waals surface area (Å²) in [6.07, 6.45) is -0.173. The molecule has 82 valence electrons. The zero-order valence-corrected chi connectivity index (χ0v) is 9.76. The van der Waals surface area contributed by atoms with E-state index in [4.69, 9.17) is 0 Å². The smallest absolute Gasteiger partial charge is 0.0831 e. The van der Waals surface area contributed by atoms with E-state index in [9.17, 15) is 5.11 Å². The number of β-amino-alcohol motifs (C(OH)–C–C–N with tert-alkyl or cyclic N) is 1. The maximum Gasteiger partial charge on any atom is 0.0831 e. The van der Waals surface area contributed by atoms with Crippen LogP contribution in [-0.4, -0.2) is 58.8 Å². The zero-order valence-electron chi connectivity index (χ0n) is 8.94. The summed E-state index contributed by atoms with van der Waals surface area (Å²) in [6, 6.07) is 0.932. The molecule has 2 heterocycles. The maximum atomic E-state index is 9.83. The molecular weight excluding hydrogens is 196 g/mol. The standard InChI is InChI=1S/C10H20N2OS/c1-7-8(2)14-4-3-12(7)9-5-11-6-10(9)13/h7-11,13H,3-6H2,1-2H3/t7?,8?,9-,10-/m1/s1. The Morgan fingerprint density at radius 1 is 1.36 bits per heavy atom. The van der Waals surface area contributed by atoms with E-state index in [-0.39, 0.29) is 6.10 Å². The van der Waals surface area contributed by atoms with Crippen LogP contribution < -0.4 is 5.32 Å². The number of aliphatic hydroxyl groups excluding tert-OH is 1. The maximum absolute atomic E-state index is 9.83. The van der Waals surface area contributed by atoms with Crippen LogP contribution in [0.1, 0.15) is 13.8 Å². The number of thioether (sulfide) groups is 1. The van der Waals surface area contributed by atoms with Crippen molar-refractivity contribution in [2.24, 2.45) is 0 Å². The Bertz CT molecular complexity index is 203. The molecule has 0 radical (unpaired) electrons. The van der Waals surface area contributed by atoms with Gasteiger partial charge in [0.25, 0.3) is 0 Å². The van der Waals surface area contributed by atoms with Crippen molar-refractivity contribution in [2.45, 2.75) is 37.3 Å². The monoisotopic (exact) mass is 216 g/mol. The summed E-state index contributed by atoms with van der Waals surface area (Å²) in [7, 11) is 0. The molecule has 0 aromatic rings. The van der Waals surface area contributed by atoms with Crippen LogP contribution in [0.5, 0.6) is 0 Å². The van der Waals surface area contributed by atoms with E-state index in [1.54, 1.807) is 0 Å². The van der Waals surface area contributed by atoms with Gasteiger partial charge in [0.05, 0.1) is 6.10 Å². The van der Waals surface area contributed by atoms with Crippen molar-refractivity contribution in [3.8, 4) is 0 Å². The molecule has 4 atom stereocenters. The normalized spacial score (nSPS) is 45.6. The van der Waals surface area contributed by atoms with E-state index in [0.717, 1.165) is 19.6 Å². The van der Waals surface area contributed by atoms with Crippen LogP contribution in [0.25, 0.3) is 0 Å². The first-order valence-electron chi connectivity index (χ1n) is 5.46. The van der Waals surface area contributed by atoms with Crippen LogP contribution >= 0.6 is 11.8 Å². The van der Waals surface area contributed by atoms with E-state index >= 15 is 0 Å². The molecule has 2 saturated heterocycles. The van der Waals surface area contributed by atoms with Gasteiger partial charge < -0.3 is 10.4 Å². The average molecular weight is 216 g/mol. The number of nitrogens with zero attached hydrogens (tertiary/aromatic N) is 1. The molecule has 0 amide bonds. The molecule has 2 unspecified atom stereocenters. The Morgan fingerprint density at radius 2 is 2.14 bits per heavy atom. The van der Waals surface area contributed by atoms with E-state index in [1.165, 1.54) is 5.75 Å². The van der Waals surface area contributed by atoms with Crippen molar-refractivity contribution in [3.63, 3.8) is 0 Å². The second-order valence-corrected chi connectivity index (χ2v) is 5.83. The third-order valence-corrected chi connectivity index (χ3v) is 4.85. The molecule has 2 fully saturated rings. The van der Waals surface area contributed by atoms with Crippen LogP contribution in [0.15, 0.2) is 0 Å². The minimum atomic E-state index is -0.173. The first-order chi connectivity index (χ1) is 6.70. The van der Waals surface area contributed by atoms with Crippen molar-refractivity contribution < 1.29 is 5.11 Å². The van der Waals surface area contributed by atoms with Crippen LogP contribution in [0.3, 0.4) is 0 Å². The highest BCUT2D eigenvalue weighted by atomic mass is 32.2. The third kappa shape index (κ3) is 1.94. The van der Waals surface area contributed by atoms with Crippen molar-refractivity contribution in [3.05, 3.63) is 0 Å². The molecule has 0 saturated carbocycles. The number of hydrogen-bond acceptors (Lipinski definition) is 4. The van der Waals surface area contributed by atoms with Gasteiger partial charge in [-0.25, -0.2) is 0 Å². The van der Waals surface area contributed by atoms with Gasteiger partial charge in [0, 0.05) is 42.7 Å². The topological polar surface area (TPSA) is 35.5 Å². The lowest BCUT2D eigenvalue weighted by Crippen LogP contribution is -2.54. The van der Waals surface area contributed by atoms with Gasteiger partial charge in [-0.2, -0.15) is 11.8 Å². The fourth-order valence-electron chi connectivity index (χ4n) is 2.41. The Morgan fingerprint density at radius 3 is 2.79 bits per heavy atom. The van der Waals surface area contributed by atoms with E-state index in [0.29, 0.717) is 17.3 Å². The van der Waals surface area contributed by atoms with E-state index < -0.39 is 0 Å². The fourth-order valence-corrected chi connectivity index (χ4v) is 3.54. The Labute approximate surface area is 90.2 Å². The first kappa shape index (κ1) is 10.7. The Hall–Kier alpha value is 0.230. The largest absolute Gasteiger partial charge is 0.390 e. The highest BCUT2D eigenvalue weighted by molar-refractivity contribution is 8.00. The predicted octanol–water partition coefficient (Wildman–Crippen LogP) is 0.145. The zero-order chi connectivity index (χ0) is 10.1. The van der Waals surface area contributed by atoms with Crippen LogP contribution in [0.4, 0.5) is 0 Å². The van der Waals surface area contributed by atoms with Gasteiger partial charge in [-0.1, -0.05) is 6.92 Å². The molecule has 0 aromatic heterocycles. The summed E-state index contributed by atoms with van der Waals surface area (Å²) in [5.74, 6) is 1.20. The van der Waals surface area contributed by atoms with Crippen LogP contribution in [0, 0.1) is 0 Å². The molecule has 4 heteroatoms. The van der Waals surface area contributed by atoms with Crippen LogP contribution in [0.2, 0.25) is 0 Å². The number of nitrogens with one attached hydrogen (secondary N) is 1. The number of rotatable bonds is 1. The minimum Gasteiger partial charge on any atom is -0.390 e. The average Bonchev–Trinajstić information content (AvgIpc) is 2.57. The van der Waals surface area contributed by atoms with Crippen molar-refractivity contribution in [2.75, 3.05) is 25.4 Å². The van der Waals surface area contributed by atoms with Crippen molar-refractivity contribution >= 4 is 11.8 Å². The molecule has 0 aromatic carbocycles. The van der Waals surface area contributed by atoms with Crippen molar-refractivity contribution in [1.29, 1.82) is 0 Å². The molecule has 2 aliphatic heterocycles. The van der Waals surface area contributed by atoms with Gasteiger partial charge in [0.1, 0.15) is 0 Å². The molecule has 0 bridgehead atoms. The molecular formula is C10H20N2OS. The summed E-state index contributed by atoms with van der Waals surface area (Å²) < 4.78 is 0. The molecule has 14 heavy (non-hydrogen) atoms. The second-order valence-electron chi connectivity index (χ2n) is 4.35. The van der Waals surface area contributed by atoms with E-state index in [2.05, 4.69) is 24.1 Å². The van der Waals surface area contributed by atoms with Crippen LogP contribution in [-0.2, 0) is 0 Å². The first-order valence-corrected chi connectivity index (χ1v) is 6.51. The summed E-state index contributed by atoms with van der Waals surface area (Å²) in [6.45, 7) is 7.40. The summed E-state index contributed by atoms with van der Waals surface area (Å²) in [4.78, 5) is 2.48. The SMILES string of the molecule is CC1SCCN([C@@H]2CNC[C@H]2O)C1C. The van der Waals surface area contributed by atoms with Gasteiger partial charge in [-0.3, -0.25) is 4.90 Å². The minimum absolute atomic E-state index is 0.173. The number of hydrogen-bond donors (Lipinski definition) is 2. The molecule has 2 aliphatic rings. The van der Waals surface area contributed by atoms with Gasteiger partial charge in [-0.05, 0) is 6.92 Å². The quantitative estimate of drug-likeness (QED) is 0.654. The molecule has 2 N–H and O–H groups in total.